The SMILES string of the molecule is Cn1cc(C#N)cc1-c1c2c(=O)n(C)c(=S)n(CC3CC3)c2nn1Cc1ccnc2c(Cl)cccc12. The van der Waals surface area contributed by atoms with Gasteiger partial charge in [-0.2, -0.15) is 10.4 Å². The Morgan fingerprint density at radius 1 is 1.25 bits per heavy atom. The van der Waals surface area contributed by atoms with Crippen LogP contribution in [-0.4, -0.2) is 28.5 Å². The number of aryl methyl sites for hydroxylation is 1. The molecule has 1 aliphatic carbocycles. The van der Waals surface area contributed by atoms with Crippen LogP contribution in [-0.2, 0) is 27.2 Å². The van der Waals surface area contributed by atoms with Gasteiger partial charge in [0.1, 0.15) is 17.1 Å². The van der Waals surface area contributed by atoms with Crippen LogP contribution in [0.5, 0.6) is 0 Å². The largest absolute Gasteiger partial charge is 0.348 e. The third-order valence-electron chi connectivity index (χ3n) is 6.87. The molecule has 0 atom stereocenters. The zero-order valence-corrected chi connectivity index (χ0v) is 21.3. The Kier molecular flexibility index (Phi) is 5.32. The highest BCUT2D eigenvalue weighted by molar-refractivity contribution is 7.71. The minimum Gasteiger partial charge on any atom is -0.348 e. The van der Waals surface area contributed by atoms with Crippen molar-refractivity contribution < 1.29 is 0 Å². The Bertz CT molecular complexity index is 1850. The molecule has 4 aromatic heterocycles. The highest BCUT2D eigenvalue weighted by Gasteiger charge is 2.27. The Hall–Kier alpha value is -3.74. The molecule has 0 aliphatic heterocycles. The van der Waals surface area contributed by atoms with Crippen LogP contribution in [0.2, 0.25) is 5.02 Å². The van der Waals surface area contributed by atoms with Gasteiger partial charge in [-0.05, 0) is 54.7 Å². The summed E-state index contributed by atoms with van der Waals surface area (Å²) in [6, 6.07) is 11.6. The average molecular weight is 516 g/mol. The van der Waals surface area contributed by atoms with Crippen LogP contribution < -0.4 is 5.56 Å². The van der Waals surface area contributed by atoms with Gasteiger partial charge in [-0.15, -0.1) is 0 Å². The number of nitriles is 1. The number of hydrogen-bond donors (Lipinski definition) is 0. The third kappa shape index (κ3) is 3.56. The number of rotatable bonds is 5. The summed E-state index contributed by atoms with van der Waals surface area (Å²) in [5.41, 5.74) is 3.95. The second kappa shape index (κ2) is 8.43. The fourth-order valence-electron chi connectivity index (χ4n) is 4.82. The predicted octanol–water partition coefficient (Wildman–Crippen LogP) is 4.80. The molecule has 0 N–H and O–H groups in total. The van der Waals surface area contributed by atoms with Gasteiger partial charge < -0.3 is 9.13 Å². The Morgan fingerprint density at radius 2 is 2.06 bits per heavy atom. The molecular formula is C26H22ClN7OS. The number of nitrogens with zero attached hydrogens (tertiary/aromatic N) is 7. The summed E-state index contributed by atoms with van der Waals surface area (Å²) >= 11 is 12.1. The van der Waals surface area contributed by atoms with Gasteiger partial charge in [-0.1, -0.05) is 23.7 Å². The number of fused-ring (bicyclic) bond motifs is 2. The minimum atomic E-state index is -0.203. The molecule has 8 nitrogen and oxygen atoms in total. The molecule has 0 radical (unpaired) electrons. The number of aromatic nitrogens is 6. The maximum atomic E-state index is 13.6. The monoisotopic (exact) mass is 515 g/mol. The Balaban J connectivity index is 1.67. The molecule has 1 saturated carbocycles. The van der Waals surface area contributed by atoms with E-state index in [1.54, 1.807) is 25.5 Å². The molecule has 4 heterocycles. The summed E-state index contributed by atoms with van der Waals surface area (Å²) in [7, 11) is 3.57. The molecular weight excluding hydrogens is 494 g/mol. The Morgan fingerprint density at radius 3 is 2.78 bits per heavy atom. The van der Waals surface area contributed by atoms with Crippen LogP contribution in [0.25, 0.3) is 33.3 Å². The van der Waals surface area contributed by atoms with Gasteiger partial charge in [0.05, 0.1) is 28.3 Å². The summed E-state index contributed by atoms with van der Waals surface area (Å²) in [4.78, 5) is 18.1. The van der Waals surface area contributed by atoms with E-state index in [0.29, 0.717) is 50.1 Å². The second-order valence-corrected chi connectivity index (χ2v) is 10.1. The van der Waals surface area contributed by atoms with Crippen molar-refractivity contribution in [2.45, 2.75) is 25.9 Å². The number of pyridine rings is 1. The van der Waals surface area contributed by atoms with Crippen molar-refractivity contribution >= 4 is 45.8 Å². The minimum absolute atomic E-state index is 0.203. The van der Waals surface area contributed by atoms with E-state index in [-0.39, 0.29) is 5.56 Å². The van der Waals surface area contributed by atoms with Crippen molar-refractivity contribution in [1.82, 2.24) is 28.5 Å². The molecule has 1 fully saturated rings. The van der Waals surface area contributed by atoms with Gasteiger partial charge in [0.25, 0.3) is 5.56 Å². The van der Waals surface area contributed by atoms with Crippen molar-refractivity contribution in [2.24, 2.45) is 20.0 Å². The Labute approximate surface area is 216 Å². The standard InChI is InChI=1S/C26H22ClN7OS/c1-31-12-16(11-28)10-20(31)23-21-24(33(13-15-6-7-15)26(36)32(2)25(21)35)30-34(23)14-17-8-9-29-22-18(17)4-3-5-19(22)27/h3-5,8-10,12,15H,6-7,13-14H2,1-2H3. The van der Waals surface area contributed by atoms with Crippen LogP contribution >= 0.6 is 23.8 Å². The van der Waals surface area contributed by atoms with Crippen LogP contribution in [0.3, 0.4) is 0 Å². The summed E-state index contributed by atoms with van der Waals surface area (Å²) in [6.07, 6.45) is 5.78. The van der Waals surface area contributed by atoms with Crippen LogP contribution in [0.1, 0.15) is 24.0 Å². The summed E-state index contributed by atoms with van der Waals surface area (Å²) < 4.78 is 7.67. The summed E-state index contributed by atoms with van der Waals surface area (Å²) in [5.74, 6) is 0.539. The molecule has 0 unspecified atom stereocenters. The first-order valence-corrected chi connectivity index (χ1v) is 12.4. The van der Waals surface area contributed by atoms with E-state index < -0.39 is 0 Å². The first-order chi connectivity index (χ1) is 17.4. The van der Waals surface area contributed by atoms with Gasteiger partial charge in [0, 0.05) is 38.4 Å². The first kappa shape index (κ1) is 22.7. The second-order valence-electron chi connectivity index (χ2n) is 9.35. The van der Waals surface area contributed by atoms with Crippen LogP contribution in [0.4, 0.5) is 0 Å². The predicted molar refractivity (Wildman–Crippen MR) is 141 cm³/mol. The van der Waals surface area contributed by atoms with E-state index in [1.807, 2.05) is 45.1 Å². The van der Waals surface area contributed by atoms with Crippen LogP contribution in [0, 0.1) is 22.0 Å². The molecule has 0 spiro atoms. The molecule has 0 saturated heterocycles. The molecule has 0 amide bonds. The zero-order chi connectivity index (χ0) is 25.1. The van der Waals surface area contributed by atoms with Gasteiger partial charge >= 0.3 is 0 Å². The van der Waals surface area contributed by atoms with Gasteiger partial charge in [-0.25, -0.2) is 0 Å². The molecule has 10 heteroatoms. The molecule has 5 aromatic rings. The van der Waals surface area contributed by atoms with Crippen molar-refractivity contribution in [2.75, 3.05) is 0 Å². The molecule has 180 valence electrons. The van der Waals surface area contributed by atoms with Gasteiger partial charge in [0.2, 0.25) is 0 Å². The fraction of sp³-hybridized carbons (Fsp3) is 0.269. The van der Waals surface area contributed by atoms with Crippen molar-refractivity contribution in [3.05, 3.63) is 74.0 Å². The average Bonchev–Trinajstić information content (AvgIpc) is 3.51. The molecule has 0 bridgehead atoms. The van der Waals surface area contributed by atoms with Crippen molar-refractivity contribution in [3.8, 4) is 17.5 Å². The summed E-state index contributed by atoms with van der Waals surface area (Å²) in [5, 5.41) is 16.5. The lowest BCUT2D eigenvalue weighted by Gasteiger charge is -2.11. The van der Waals surface area contributed by atoms with E-state index >= 15 is 0 Å². The van der Waals surface area contributed by atoms with Crippen LogP contribution in [0.15, 0.2) is 47.5 Å². The van der Waals surface area contributed by atoms with Crippen molar-refractivity contribution in [3.63, 3.8) is 0 Å². The number of hydrogen-bond acceptors (Lipinski definition) is 5. The van der Waals surface area contributed by atoms with Gasteiger partial charge in [0.15, 0.2) is 10.4 Å². The lowest BCUT2D eigenvalue weighted by atomic mass is 10.1. The lowest BCUT2D eigenvalue weighted by molar-refractivity contribution is 0.588. The maximum absolute atomic E-state index is 13.6. The maximum Gasteiger partial charge on any atom is 0.265 e. The fourth-order valence-corrected chi connectivity index (χ4v) is 5.28. The number of para-hydroxylation sites is 1. The van der Waals surface area contributed by atoms with Crippen molar-refractivity contribution in [1.29, 1.82) is 5.26 Å². The summed E-state index contributed by atoms with van der Waals surface area (Å²) in [6.45, 7) is 1.11. The normalized spacial score (nSPS) is 13.5. The molecule has 36 heavy (non-hydrogen) atoms. The van der Waals surface area contributed by atoms with E-state index in [0.717, 1.165) is 36.0 Å². The zero-order valence-electron chi connectivity index (χ0n) is 19.8. The number of halogens is 1. The highest BCUT2D eigenvalue weighted by Crippen LogP contribution is 2.34. The topological polar surface area (TPSA) is 86.4 Å². The van der Waals surface area contributed by atoms with Gasteiger partial charge in [-0.3, -0.25) is 19.0 Å². The smallest absolute Gasteiger partial charge is 0.265 e. The van der Waals surface area contributed by atoms with E-state index in [1.165, 1.54) is 4.57 Å². The lowest BCUT2D eigenvalue weighted by Crippen LogP contribution is -2.23. The third-order valence-corrected chi connectivity index (χ3v) is 7.67. The quantitative estimate of drug-likeness (QED) is 0.314. The molecule has 1 aliphatic rings. The first-order valence-electron chi connectivity index (χ1n) is 11.7. The molecule has 1 aromatic carbocycles. The van der Waals surface area contributed by atoms with E-state index in [9.17, 15) is 10.1 Å². The molecule has 6 rings (SSSR count). The van der Waals surface area contributed by atoms with E-state index in [4.69, 9.17) is 28.9 Å². The highest BCUT2D eigenvalue weighted by atomic mass is 35.5. The number of benzene rings is 1. The van der Waals surface area contributed by atoms with E-state index in [2.05, 4.69) is 11.1 Å².